The van der Waals surface area contributed by atoms with E-state index in [0.717, 1.165) is 5.39 Å². The number of aromatic amines is 1. The molecule has 0 unspecified atom stereocenters. The average molecular weight is 428 g/mol. The van der Waals surface area contributed by atoms with Gasteiger partial charge in [-0.1, -0.05) is 5.16 Å². The van der Waals surface area contributed by atoms with Gasteiger partial charge in [-0.15, -0.1) is 0 Å². The van der Waals surface area contributed by atoms with Gasteiger partial charge < -0.3 is 5.32 Å². The number of hydrogen-bond donors (Lipinski definition) is 2. The van der Waals surface area contributed by atoms with Gasteiger partial charge >= 0.3 is 5.76 Å². The first-order valence-electron chi connectivity index (χ1n) is 9.48. The van der Waals surface area contributed by atoms with E-state index in [-0.39, 0.29) is 25.2 Å². The summed E-state index contributed by atoms with van der Waals surface area (Å²) in [7, 11) is 0. The molecule has 1 amide bonds. The number of nitrogens with zero attached hydrogens (tertiary/aromatic N) is 4. The molecule has 9 nitrogen and oxygen atoms in total. The van der Waals surface area contributed by atoms with E-state index in [1.807, 2.05) is 12.1 Å². The Kier molecular flexibility index (Phi) is 5.56. The standard InChI is InChI=1S/C20H18F2N6O3/c21-20(22,4-5-23-12-29)3-1-13-7-14-2-6-28(18(14)25-9-13)16-8-15(10-24-11-16)17-26-19(30)31-27-17/h2,6-12H,1,3-5H2,(H,23,29)(H,26,27,30). The van der Waals surface area contributed by atoms with Crippen LogP contribution in [0.1, 0.15) is 18.4 Å². The predicted octanol–water partition coefficient (Wildman–Crippen LogP) is 2.47. The number of aromatic nitrogens is 5. The van der Waals surface area contributed by atoms with Crippen LogP contribution in [0.3, 0.4) is 0 Å². The quantitative estimate of drug-likeness (QED) is 0.312. The van der Waals surface area contributed by atoms with Crippen LogP contribution in [0.2, 0.25) is 0 Å². The number of aryl methyl sites for hydroxylation is 1. The van der Waals surface area contributed by atoms with Gasteiger partial charge in [-0.3, -0.25) is 23.9 Å². The fraction of sp³-hybridized carbons (Fsp3) is 0.250. The van der Waals surface area contributed by atoms with Crippen LogP contribution in [0, 0.1) is 0 Å². The molecule has 4 aromatic heterocycles. The smallest absolute Gasteiger partial charge is 0.358 e. The molecule has 11 heteroatoms. The van der Waals surface area contributed by atoms with E-state index in [1.165, 1.54) is 0 Å². The summed E-state index contributed by atoms with van der Waals surface area (Å²) in [5, 5.41) is 6.70. The Labute approximate surface area is 174 Å². The summed E-state index contributed by atoms with van der Waals surface area (Å²) in [6, 6.07) is 5.43. The lowest BCUT2D eigenvalue weighted by Crippen LogP contribution is -2.24. The number of rotatable bonds is 9. The Morgan fingerprint density at radius 2 is 2.10 bits per heavy atom. The zero-order valence-electron chi connectivity index (χ0n) is 16.2. The van der Waals surface area contributed by atoms with Gasteiger partial charge in [-0.2, -0.15) is 0 Å². The molecule has 0 bridgehead atoms. The van der Waals surface area contributed by atoms with Gasteiger partial charge in [0.2, 0.25) is 12.3 Å². The Balaban J connectivity index is 1.53. The molecule has 0 aliphatic rings. The highest BCUT2D eigenvalue weighted by molar-refractivity contribution is 5.79. The van der Waals surface area contributed by atoms with Gasteiger partial charge in [-0.05, 0) is 30.2 Å². The SMILES string of the molecule is O=CNCCC(F)(F)CCc1cnc2c(ccn2-c2cncc(-c3noc(=O)[nH]3)c2)c1. The molecule has 31 heavy (non-hydrogen) atoms. The first kappa shape index (κ1) is 20.4. The molecule has 4 heterocycles. The maximum absolute atomic E-state index is 13.9. The zero-order valence-corrected chi connectivity index (χ0v) is 16.2. The van der Waals surface area contributed by atoms with Crippen LogP contribution >= 0.6 is 0 Å². The summed E-state index contributed by atoms with van der Waals surface area (Å²) in [5.74, 6) is -3.27. The molecule has 0 saturated heterocycles. The normalized spacial score (nSPS) is 11.7. The van der Waals surface area contributed by atoms with Crippen LogP contribution in [-0.2, 0) is 11.2 Å². The number of amides is 1. The number of carbonyl (C=O) groups excluding carboxylic acids is 1. The second-order valence-corrected chi connectivity index (χ2v) is 7.00. The molecule has 4 rings (SSSR count). The number of carbonyl (C=O) groups is 1. The number of H-pyrrole nitrogens is 1. The van der Waals surface area contributed by atoms with E-state index >= 15 is 0 Å². The molecule has 160 valence electrons. The van der Waals surface area contributed by atoms with Crippen molar-refractivity contribution >= 4 is 17.4 Å². The summed E-state index contributed by atoms with van der Waals surface area (Å²) < 4.78 is 34.2. The highest BCUT2D eigenvalue weighted by Crippen LogP contribution is 2.26. The fourth-order valence-electron chi connectivity index (χ4n) is 3.22. The second-order valence-electron chi connectivity index (χ2n) is 7.00. The molecule has 0 atom stereocenters. The average Bonchev–Trinajstić information content (AvgIpc) is 3.38. The summed E-state index contributed by atoms with van der Waals surface area (Å²) >= 11 is 0. The lowest BCUT2D eigenvalue weighted by molar-refractivity contribution is -0.109. The minimum absolute atomic E-state index is 0.0635. The van der Waals surface area contributed by atoms with Gasteiger partial charge in [0.15, 0.2) is 5.82 Å². The van der Waals surface area contributed by atoms with Crippen LogP contribution in [0.25, 0.3) is 28.1 Å². The van der Waals surface area contributed by atoms with Crippen LogP contribution in [0.5, 0.6) is 0 Å². The maximum Gasteiger partial charge on any atom is 0.439 e. The van der Waals surface area contributed by atoms with Crippen LogP contribution in [0.4, 0.5) is 8.78 Å². The number of nitrogens with one attached hydrogen (secondary N) is 2. The number of alkyl halides is 2. The third-order valence-electron chi connectivity index (χ3n) is 4.80. The van der Waals surface area contributed by atoms with Crippen LogP contribution in [-0.4, -0.2) is 43.6 Å². The summed E-state index contributed by atoms with van der Waals surface area (Å²) in [6.07, 6.45) is 6.39. The Morgan fingerprint density at radius 1 is 1.23 bits per heavy atom. The largest absolute Gasteiger partial charge is 0.439 e. The molecule has 0 spiro atoms. The van der Waals surface area contributed by atoms with Crippen molar-refractivity contribution in [2.75, 3.05) is 6.54 Å². The van der Waals surface area contributed by atoms with Crippen LogP contribution < -0.4 is 11.1 Å². The van der Waals surface area contributed by atoms with Gasteiger partial charge in [-0.25, -0.2) is 18.6 Å². The highest BCUT2D eigenvalue weighted by Gasteiger charge is 2.27. The topological polar surface area (TPSA) is 119 Å². The number of halogens is 2. The van der Waals surface area contributed by atoms with Crippen molar-refractivity contribution in [3.63, 3.8) is 0 Å². The van der Waals surface area contributed by atoms with Gasteiger partial charge in [0, 0.05) is 48.9 Å². The van der Waals surface area contributed by atoms with Crippen molar-refractivity contribution in [1.29, 1.82) is 0 Å². The molecule has 0 aromatic carbocycles. The monoisotopic (exact) mass is 428 g/mol. The van der Waals surface area contributed by atoms with Gasteiger partial charge in [0.25, 0.3) is 0 Å². The van der Waals surface area contributed by atoms with Crippen molar-refractivity contribution < 1.29 is 18.1 Å². The zero-order chi connectivity index (χ0) is 21.8. The maximum atomic E-state index is 13.9. The second kappa shape index (κ2) is 8.46. The minimum Gasteiger partial charge on any atom is -0.358 e. The minimum atomic E-state index is -2.87. The summed E-state index contributed by atoms with van der Waals surface area (Å²) in [4.78, 5) is 32.5. The van der Waals surface area contributed by atoms with E-state index in [4.69, 9.17) is 0 Å². The van der Waals surface area contributed by atoms with Crippen molar-refractivity contribution in [3.8, 4) is 17.1 Å². The molecule has 0 aliphatic heterocycles. The third-order valence-corrected chi connectivity index (χ3v) is 4.80. The molecule has 0 radical (unpaired) electrons. The van der Waals surface area contributed by atoms with Gasteiger partial charge in [0.1, 0.15) is 5.65 Å². The van der Waals surface area contributed by atoms with Crippen LogP contribution in [0.15, 0.2) is 52.3 Å². The molecule has 2 N–H and O–H groups in total. The van der Waals surface area contributed by atoms with E-state index in [0.29, 0.717) is 28.9 Å². The molecule has 0 saturated carbocycles. The fourth-order valence-corrected chi connectivity index (χ4v) is 3.22. The number of hydrogen-bond acceptors (Lipinski definition) is 6. The molecular weight excluding hydrogens is 410 g/mol. The van der Waals surface area contributed by atoms with Gasteiger partial charge in [0.05, 0.1) is 11.9 Å². The molecule has 4 aromatic rings. The highest BCUT2D eigenvalue weighted by atomic mass is 19.3. The number of pyridine rings is 2. The van der Waals surface area contributed by atoms with E-state index in [9.17, 15) is 18.4 Å². The summed E-state index contributed by atoms with van der Waals surface area (Å²) in [5.41, 5.74) is 2.58. The number of fused-ring (bicyclic) bond motifs is 1. The van der Waals surface area contributed by atoms with E-state index in [2.05, 4.69) is 29.9 Å². The molecule has 0 aliphatic carbocycles. The van der Waals surface area contributed by atoms with Crippen molar-refractivity contribution in [2.45, 2.75) is 25.2 Å². The lowest BCUT2D eigenvalue weighted by Gasteiger charge is -2.15. The Morgan fingerprint density at radius 3 is 2.87 bits per heavy atom. The van der Waals surface area contributed by atoms with Crippen molar-refractivity contribution in [3.05, 3.63) is 59.1 Å². The van der Waals surface area contributed by atoms with Crippen molar-refractivity contribution in [1.82, 2.24) is 30.0 Å². The predicted molar refractivity (Wildman–Crippen MR) is 107 cm³/mol. The first-order valence-corrected chi connectivity index (χ1v) is 9.48. The Hall–Kier alpha value is -3.89. The Bertz CT molecular complexity index is 1260. The summed E-state index contributed by atoms with van der Waals surface area (Å²) in [6.45, 7) is -0.0635. The van der Waals surface area contributed by atoms with E-state index in [1.54, 1.807) is 35.4 Å². The molecule has 0 fully saturated rings. The lowest BCUT2D eigenvalue weighted by atomic mass is 10.0. The third kappa shape index (κ3) is 4.65. The van der Waals surface area contributed by atoms with Crippen molar-refractivity contribution in [2.24, 2.45) is 0 Å². The first-order chi connectivity index (χ1) is 14.9. The van der Waals surface area contributed by atoms with E-state index < -0.39 is 18.1 Å². The molecular formula is C20H18F2N6O3.